The van der Waals surface area contributed by atoms with E-state index in [1.807, 2.05) is 24.3 Å². The van der Waals surface area contributed by atoms with Crippen molar-refractivity contribution in [2.24, 2.45) is 0 Å². The van der Waals surface area contributed by atoms with Crippen molar-refractivity contribution in [3.8, 4) is 5.19 Å². The van der Waals surface area contributed by atoms with Crippen LogP contribution in [0.2, 0.25) is 0 Å². The fourth-order valence-electron chi connectivity index (χ4n) is 1.32. The number of hydrogen-bond acceptors (Lipinski definition) is 6. The van der Waals surface area contributed by atoms with Crippen molar-refractivity contribution >= 4 is 33.2 Å². The Labute approximate surface area is 122 Å². The molecule has 2 aromatic rings. The normalized spacial score (nSPS) is 10.2. The topological polar surface area (TPSA) is 61.3 Å². The molecule has 0 radical (unpaired) electrons. The van der Waals surface area contributed by atoms with Crippen LogP contribution in [0.3, 0.4) is 0 Å². The van der Waals surface area contributed by atoms with Crippen LogP contribution < -0.4 is 4.74 Å². The molecule has 19 heavy (non-hydrogen) atoms. The summed E-state index contributed by atoms with van der Waals surface area (Å²) in [6.07, 6.45) is 0. The van der Waals surface area contributed by atoms with Gasteiger partial charge in [0, 0.05) is 4.47 Å². The lowest BCUT2D eigenvalue weighted by molar-refractivity contribution is 0.0525. The smallest absolute Gasteiger partial charge is 0.369 e. The molecule has 5 nitrogen and oxygen atoms in total. The van der Waals surface area contributed by atoms with Crippen LogP contribution in [-0.4, -0.2) is 22.8 Å². The SMILES string of the molecule is CCOC(=O)c1nnc(OCc2cccc(Br)c2)s1. The van der Waals surface area contributed by atoms with Gasteiger partial charge in [-0.25, -0.2) is 4.79 Å². The van der Waals surface area contributed by atoms with E-state index in [9.17, 15) is 4.79 Å². The predicted molar refractivity (Wildman–Crippen MR) is 74.3 cm³/mol. The highest BCUT2D eigenvalue weighted by atomic mass is 79.9. The Hall–Kier alpha value is -1.47. The van der Waals surface area contributed by atoms with E-state index in [1.54, 1.807) is 6.92 Å². The number of aromatic nitrogens is 2. The summed E-state index contributed by atoms with van der Waals surface area (Å²) in [7, 11) is 0. The van der Waals surface area contributed by atoms with Crippen molar-refractivity contribution in [2.45, 2.75) is 13.5 Å². The molecule has 1 heterocycles. The Balaban J connectivity index is 1.95. The molecule has 0 fully saturated rings. The molecule has 7 heteroatoms. The van der Waals surface area contributed by atoms with E-state index in [1.165, 1.54) is 0 Å². The van der Waals surface area contributed by atoms with Crippen LogP contribution in [0.5, 0.6) is 5.19 Å². The lowest BCUT2D eigenvalue weighted by Crippen LogP contribution is -2.03. The highest BCUT2D eigenvalue weighted by Crippen LogP contribution is 2.20. The van der Waals surface area contributed by atoms with Gasteiger partial charge in [0.05, 0.1) is 6.61 Å². The number of benzene rings is 1. The van der Waals surface area contributed by atoms with Gasteiger partial charge in [0.1, 0.15) is 6.61 Å². The van der Waals surface area contributed by atoms with Gasteiger partial charge in [-0.2, -0.15) is 0 Å². The molecule has 0 atom stereocenters. The molecule has 0 aliphatic heterocycles. The maximum Gasteiger partial charge on any atom is 0.369 e. The molecular weight excluding hydrogens is 332 g/mol. The Morgan fingerprint density at radius 1 is 1.42 bits per heavy atom. The highest BCUT2D eigenvalue weighted by molar-refractivity contribution is 9.10. The second-order valence-electron chi connectivity index (χ2n) is 3.51. The fraction of sp³-hybridized carbons (Fsp3) is 0.250. The van der Waals surface area contributed by atoms with Gasteiger partial charge in [-0.05, 0) is 36.0 Å². The standard InChI is InChI=1S/C12H11BrN2O3S/c1-2-17-11(16)10-14-15-12(19-10)18-7-8-4-3-5-9(13)6-8/h3-6H,2,7H2,1H3. The third-order valence-corrected chi connectivity index (χ3v) is 3.42. The predicted octanol–water partition coefficient (Wildman–Crippen LogP) is 3.06. The first-order chi connectivity index (χ1) is 9.19. The maximum absolute atomic E-state index is 11.4. The average molecular weight is 343 g/mol. The minimum atomic E-state index is -0.475. The monoisotopic (exact) mass is 342 g/mol. The molecule has 0 unspecified atom stereocenters. The van der Waals surface area contributed by atoms with E-state index in [2.05, 4.69) is 26.1 Å². The van der Waals surface area contributed by atoms with Gasteiger partial charge in [0.2, 0.25) is 5.01 Å². The molecule has 0 amide bonds. The minimum absolute atomic E-state index is 0.200. The second-order valence-corrected chi connectivity index (χ2v) is 5.37. The first-order valence-corrected chi connectivity index (χ1v) is 7.18. The lowest BCUT2D eigenvalue weighted by atomic mass is 10.2. The zero-order valence-corrected chi connectivity index (χ0v) is 12.5. The number of rotatable bonds is 5. The number of carbonyl (C=O) groups is 1. The Morgan fingerprint density at radius 2 is 2.26 bits per heavy atom. The summed E-state index contributed by atoms with van der Waals surface area (Å²) >= 11 is 4.46. The van der Waals surface area contributed by atoms with E-state index in [0.29, 0.717) is 18.4 Å². The molecule has 0 bridgehead atoms. The minimum Gasteiger partial charge on any atom is -0.464 e. The van der Waals surface area contributed by atoms with Gasteiger partial charge in [0.25, 0.3) is 5.19 Å². The van der Waals surface area contributed by atoms with E-state index in [4.69, 9.17) is 9.47 Å². The summed E-state index contributed by atoms with van der Waals surface area (Å²) in [6, 6.07) is 7.76. The molecule has 0 saturated heterocycles. The quantitative estimate of drug-likeness (QED) is 0.781. The molecule has 1 aromatic carbocycles. The van der Waals surface area contributed by atoms with Gasteiger partial charge in [-0.3, -0.25) is 0 Å². The van der Waals surface area contributed by atoms with Crippen LogP contribution in [0.1, 0.15) is 22.3 Å². The molecule has 0 aliphatic rings. The van der Waals surface area contributed by atoms with Crippen molar-refractivity contribution in [1.29, 1.82) is 0 Å². The van der Waals surface area contributed by atoms with Gasteiger partial charge < -0.3 is 9.47 Å². The number of ether oxygens (including phenoxy) is 2. The van der Waals surface area contributed by atoms with Crippen molar-refractivity contribution in [2.75, 3.05) is 6.61 Å². The molecule has 0 N–H and O–H groups in total. The summed E-state index contributed by atoms with van der Waals surface area (Å²) in [5.41, 5.74) is 1.00. The summed E-state index contributed by atoms with van der Waals surface area (Å²) in [4.78, 5) is 11.4. The molecule has 2 rings (SSSR count). The first-order valence-electron chi connectivity index (χ1n) is 5.57. The largest absolute Gasteiger partial charge is 0.464 e. The zero-order valence-electron chi connectivity index (χ0n) is 10.1. The third-order valence-electron chi connectivity index (χ3n) is 2.11. The molecule has 0 aliphatic carbocycles. The van der Waals surface area contributed by atoms with Crippen LogP contribution in [0.4, 0.5) is 0 Å². The van der Waals surface area contributed by atoms with Crippen LogP contribution in [-0.2, 0) is 11.3 Å². The molecule has 100 valence electrons. The number of nitrogens with zero attached hydrogens (tertiary/aromatic N) is 2. The van der Waals surface area contributed by atoms with Crippen molar-refractivity contribution in [3.63, 3.8) is 0 Å². The number of carbonyl (C=O) groups excluding carboxylic acids is 1. The fourth-order valence-corrected chi connectivity index (χ4v) is 2.35. The Bertz CT molecular complexity index is 574. The third kappa shape index (κ3) is 4.00. The van der Waals surface area contributed by atoms with E-state index in [-0.39, 0.29) is 5.01 Å². The summed E-state index contributed by atoms with van der Waals surface area (Å²) in [6.45, 7) is 2.42. The van der Waals surface area contributed by atoms with E-state index >= 15 is 0 Å². The highest BCUT2D eigenvalue weighted by Gasteiger charge is 2.14. The second kappa shape index (κ2) is 6.63. The Morgan fingerprint density at radius 3 is 3.00 bits per heavy atom. The van der Waals surface area contributed by atoms with Crippen LogP contribution in [0, 0.1) is 0 Å². The number of halogens is 1. The van der Waals surface area contributed by atoms with Crippen molar-refractivity contribution in [1.82, 2.24) is 10.2 Å². The van der Waals surface area contributed by atoms with Gasteiger partial charge >= 0.3 is 5.97 Å². The van der Waals surface area contributed by atoms with Crippen molar-refractivity contribution < 1.29 is 14.3 Å². The number of esters is 1. The molecular formula is C12H11BrN2O3S. The van der Waals surface area contributed by atoms with Crippen LogP contribution >= 0.6 is 27.3 Å². The lowest BCUT2D eigenvalue weighted by Gasteiger charge is -2.02. The van der Waals surface area contributed by atoms with E-state index < -0.39 is 5.97 Å². The van der Waals surface area contributed by atoms with Crippen LogP contribution in [0.25, 0.3) is 0 Å². The van der Waals surface area contributed by atoms with Gasteiger partial charge in [-0.1, -0.05) is 33.2 Å². The van der Waals surface area contributed by atoms with E-state index in [0.717, 1.165) is 21.4 Å². The molecule has 1 aromatic heterocycles. The van der Waals surface area contributed by atoms with Gasteiger partial charge in [0.15, 0.2) is 0 Å². The number of hydrogen-bond donors (Lipinski definition) is 0. The first kappa shape index (κ1) is 14.0. The van der Waals surface area contributed by atoms with Crippen LogP contribution in [0.15, 0.2) is 28.7 Å². The summed E-state index contributed by atoms with van der Waals surface area (Å²) in [5, 5.41) is 8.07. The van der Waals surface area contributed by atoms with Gasteiger partial charge in [-0.15, -0.1) is 5.10 Å². The summed E-state index contributed by atoms with van der Waals surface area (Å²) < 4.78 is 11.3. The molecule has 0 saturated carbocycles. The van der Waals surface area contributed by atoms with Crippen molar-refractivity contribution in [3.05, 3.63) is 39.3 Å². The Kier molecular flexibility index (Phi) is 4.86. The summed E-state index contributed by atoms with van der Waals surface area (Å²) in [5.74, 6) is -0.475. The average Bonchev–Trinajstić information content (AvgIpc) is 2.86. The maximum atomic E-state index is 11.4. The zero-order chi connectivity index (χ0) is 13.7. The molecule has 0 spiro atoms.